The fourth-order valence-electron chi connectivity index (χ4n) is 6.46. The quantitative estimate of drug-likeness (QED) is 0.554. The van der Waals surface area contributed by atoms with Gasteiger partial charge < -0.3 is 15.1 Å². The maximum Gasteiger partial charge on any atom is 0.233 e. The second kappa shape index (κ2) is 8.94. The number of carbonyl (C=O) groups is 2. The number of carbonyl (C=O) groups excluding carboxylic acids is 2. The fraction of sp³-hybridized carbons (Fsp3) is 0.640. The maximum absolute atomic E-state index is 13.5. The molecule has 2 N–H and O–H groups in total. The lowest BCUT2D eigenvalue weighted by molar-refractivity contribution is -0.145. The summed E-state index contributed by atoms with van der Waals surface area (Å²) in [4.78, 5) is 33.9. The minimum Gasteiger partial charge on any atom is -0.391 e. The molecule has 1 aromatic carbocycles. The Labute approximate surface area is 188 Å². The van der Waals surface area contributed by atoms with E-state index in [2.05, 4.69) is 5.16 Å². The van der Waals surface area contributed by atoms with E-state index in [1.165, 1.54) is 4.90 Å². The van der Waals surface area contributed by atoms with Crippen molar-refractivity contribution in [1.29, 1.82) is 0 Å². The monoisotopic (exact) mass is 440 g/mol. The second-order valence-corrected chi connectivity index (χ2v) is 9.84. The van der Waals surface area contributed by atoms with Crippen molar-refractivity contribution < 1.29 is 24.6 Å². The Balaban J connectivity index is 1.37. The van der Waals surface area contributed by atoms with Crippen LogP contribution in [0.1, 0.15) is 56.9 Å². The van der Waals surface area contributed by atoms with Crippen LogP contribution >= 0.6 is 0 Å². The molecule has 6 atom stereocenters. The molecule has 1 aromatic rings. The molecule has 3 saturated carbocycles. The summed E-state index contributed by atoms with van der Waals surface area (Å²) in [6, 6.07) is 9.70. The standard InChI is InChI=1S/C25H32N2O5/c28-20-13-19(26-32-14-15-7-3-1-4-8-15)17-11-12-18-22(21(17)23(20)29)25(31)27(24(18)30)16-9-5-2-6-10-16/h1,3-4,7-8,16-18,20-23,28-29H,2,5-6,9-14H2/b26-19+/t17-,18-,20-,21+,22-,23-/m1/s1. The number of hydrogen-bond acceptors (Lipinski definition) is 6. The van der Waals surface area contributed by atoms with E-state index in [1.807, 2.05) is 30.3 Å². The molecule has 4 fully saturated rings. The molecule has 2 amide bonds. The molecule has 1 saturated heterocycles. The Kier molecular flexibility index (Phi) is 6.03. The number of imide groups is 1. The zero-order valence-electron chi connectivity index (χ0n) is 18.3. The zero-order chi connectivity index (χ0) is 22.2. The number of rotatable bonds is 4. The molecule has 1 aliphatic heterocycles. The topological polar surface area (TPSA) is 99.4 Å². The molecule has 0 aromatic heterocycles. The van der Waals surface area contributed by atoms with Gasteiger partial charge in [0.15, 0.2) is 0 Å². The van der Waals surface area contributed by atoms with Gasteiger partial charge in [-0.1, -0.05) is 54.8 Å². The molecule has 1 heterocycles. The highest BCUT2D eigenvalue weighted by atomic mass is 16.6. The number of amides is 2. The lowest BCUT2D eigenvalue weighted by Gasteiger charge is -2.45. The molecule has 5 rings (SSSR count). The van der Waals surface area contributed by atoms with Gasteiger partial charge in [-0.15, -0.1) is 0 Å². The van der Waals surface area contributed by atoms with Crippen LogP contribution in [-0.2, 0) is 21.0 Å². The van der Waals surface area contributed by atoms with Crippen molar-refractivity contribution in [1.82, 2.24) is 4.90 Å². The normalized spacial score (nSPS) is 36.8. The van der Waals surface area contributed by atoms with Gasteiger partial charge in [0.1, 0.15) is 6.61 Å². The SMILES string of the molecule is O=C1[C@H]2[C@H]3[C@H](O)[C@H](O)C/C(=N\OCc4ccccc4)[C@H]3CC[C@H]2C(=O)N1C1CCCCC1. The number of likely N-dealkylation sites (tertiary alicyclic amines) is 1. The van der Waals surface area contributed by atoms with Gasteiger partial charge in [-0.05, 0) is 31.2 Å². The molecule has 32 heavy (non-hydrogen) atoms. The van der Waals surface area contributed by atoms with Gasteiger partial charge in [-0.3, -0.25) is 14.5 Å². The van der Waals surface area contributed by atoms with Crippen LogP contribution < -0.4 is 0 Å². The van der Waals surface area contributed by atoms with E-state index in [1.54, 1.807) is 0 Å². The van der Waals surface area contributed by atoms with Crippen molar-refractivity contribution in [2.24, 2.45) is 28.8 Å². The van der Waals surface area contributed by atoms with Crippen LogP contribution in [0.5, 0.6) is 0 Å². The predicted octanol–water partition coefficient (Wildman–Crippen LogP) is 2.64. The predicted molar refractivity (Wildman–Crippen MR) is 117 cm³/mol. The van der Waals surface area contributed by atoms with Gasteiger partial charge >= 0.3 is 0 Å². The Hall–Kier alpha value is -2.25. The van der Waals surface area contributed by atoms with Gasteiger partial charge in [0, 0.05) is 24.3 Å². The summed E-state index contributed by atoms with van der Waals surface area (Å²) in [5.74, 6) is -1.85. The fourth-order valence-corrected chi connectivity index (χ4v) is 6.46. The first-order chi connectivity index (χ1) is 15.6. The average molecular weight is 441 g/mol. The summed E-state index contributed by atoms with van der Waals surface area (Å²) in [5, 5.41) is 25.9. The summed E-state index contributed by atoms with van der Waals surface area (Å²) in [6.45, 7) is 0.319. The van der Waals surface area contributed by atoms with Crippen LogP contribution in [0.3, 0.4) is 0 Å². The highest BCUT2D eigenvalue weighted by Crippen LogP contribution is 2.50. The highest BCUT2D eigenvalue weighted by molar-refractivity contribution is 6.06. The lowest BCUT2D eigenvalue weighted by atomic mass is 9.60. The van der Waals surface area contributed by atoms with Gasteiger partial charge in [0.25, 0.3) is 0 Å². The van der Waals surface area contributed by atoms with Gasteiger partial charge in [-0.25, -0.2) is 0 Å². The Morgan fingerprint density at radius 3 is 2.41 bits per heavy atom. The first kappa shape index (κ1) is 21.6. The summed E-state index contributed by atoms with van der Waals surface area (Å²) in [5.41, 5.74) is 1.69. The lowest BCUT2D eigenvalue weighted by Crippen LogP contribution is -2.54. The van der Waals surface area contributed by atoms with Gasteiger partial charge in [-0.2, -0.15) is 0 Å². The molecular formula is C25H32N2O5. The third-order valence-electron chi connectivity index (χ3n) is 8.01. The molecule has 3 aliphatic carbocycles. The second-order valence-electron chi connectivity index (χ2n) is 9.84. The van der Waals surface area contributed by atoms with Crippen LogP contribution in [0.4, 0.5) is 0 Å². The van der Waals surface area contributed by atoms with E-state index in [-0.39, 0.29) is 30.2 Å². The highest BCUT2D eigenvalue weighted by Gasteiger charge is 2.60. The Morgan fingerprint density at radius 2 is 1.66 bits per heavy atom. The van der Waals surface area contributed by atoms with E-state index in [0.29, 0.717) is 25.2 Å². The Bertz CT molecular complexity index is 882. The van der Waals surface area contributed by atoms with Crippen LogP contribution in [-0.4, -0.2) is 50.9 Å². The largest absolute Gasteiger partial charge is 0.391 e. The number of aliphatic hydroxyl groups is 2. The van der Waals surface area contributed by atoms with Gasteiger partial charge in [0.05, 0.1) is 29.8 Å². The molecule has 7 nitrogen and oxygen atoms in total. The van der Waals surface area contributed by atoms with Crippen molar-refractivity contribution in [2.75, 3.05) is 0 Å². The van der Waals surface area contributed by atoms with Crippen LogP contribution in [0, 0.1) is 23.7 Å². The van der Waals surface area contributed by atoms with Crippen molar-refractivity contribution in [3.8, 4) is 0 Å². The molecule has 0 spiro atoms. The molecule has 7 heteroatoms. The van der Waals surface area contributed by atoms with E-state index in [9.17, 15) is 19.8 Å². The van der Waals surface area contributed by atoms with Crippen molar-refractivity contribution in [3.05, 3.63) is 35.9 Å². The van der Waals surface area contributed by atoms with Crippen molar-refractivity contribution in [2.45, 2.75) is 76.2 Å². The van der Waals surface area contributed by atoms with Gasteiger partial charge in [0.2, 0.25) is 11.8 Å². The van der Waals surface area contributed by atoms with Crippen LogP contribution in [0.15, 0.2) is 35.5 Å². The minimum absolute atomic E-state index is 0.0131. The smallest absolute Gasteiger partial charge is 0.233 e. The third-order valence-corrected chi connectivity index (χ3v) is 8.01. The first-order valence-electron chi connectivity index (χ1n) is 12.0. The molecular weight excluding hydrogens is 408 g/mol. The van der Waals surface area contributed by atoms with Crippen molar-refractivity contribution in [3.63, 3.8) is 0 Å². The number of oxime groups is 1. The molecule has 0 unspecified atom stereocenters. The molecule has 0 radical (unpaired) electrons. The van der Waals surface area contributed by atoms with Crippen LogP contribution in [0.2, 0.25) is 0 Å². The number of nitrogens with zero attached hydrogens (tertiary/aromatic N) is 2. The van der Waals surface area contributed by atoms with E-state index in [4.69, 9.17) is 4.84 Å². The molecule has 0 bridgehead atoms. The third kappa shape index (κ3) is 3.75. The number of fused-ring (bicyclic) bond motifs is 3. The molecule has 4 aliphatic rings. The number of hydrogen-bond donors (Lipinski definition) is 2. The summed E-state index contributed by atoms with van der Waals surface area (Å²) < 4.78 is 0. The molecule has 172 valence electrons. The minimum atomic E-state index is -1.04. The van der Waals surface area contributed by atoms with E-state index >= 15 is 0 Å². The average Bonchev–Trinajstić information content (AvgIpc) is 3.08. The number of benzene rings is 1. The maximum atomic E-state index is 13.5. The zero-order valence-corrected chi connectivity index (χ0v) is 18.3. The van der Waals surface area contributed by atoms with Crippen LogP contribution in [0.25, 0.3) is 0 Å². The van der Waals surface area contributed by atoms with E-state index in [0.717, 1.165) is 37.7 Å². The summed E-state index contributed by atoms with van der Waals surface area (Å²) in [6.07, 6.45) is 4.43. The Morgan fingerprint density at radius 1 is 0.938 bits per heavy atom. The van der Waals surface area contributed by atoms with Crippen molar-refractivity contribution >= 4 is 17.5 Å². The summed E-state index contributed by atoms with van der Waals surface area (Å²) in [7, 11) is 0. The first-order valence-corrected chi connectivity index (χ1v) is 12.0. The number of aliphatic hydroxyl groups excluding tert-OH is 2. The van der Waals surface area contributed by atoms with E-state index < -0.39 is 30.0 Å². The summed E-state index contributed by atoms with van der Waals surface area (Å²) >= 11 is 0.